The van der Waals surface area contributed by atoms with Crippen LogP contribution in [0.15, 0.2) is 36.4 Å². The van der Waals surface area contributed by atoms with Crippen LogP contribution in [0.2, 0.25) is 0 Å². The first-order chi connectivity index (χ1) is 13.7. The lowest BCUT2D eigenvalue weighted by Crippen LogP contribution is -2.38. The summed E-state index contributed by atoms with van der Waals surface area (Å²) in [4.78, 5) is 13.7. The van der Waals surface area contributed by atoms with Gasteiger partial charge in [0, 0.05) is 18.7 Å². The molecular weight excluding hydrogens is 391 g/mol. The van der Waals surface area contributed by atoms with Gasteiger partial charge < -0.3 is 23.8 Å². The highest BCUT2D eigenvalue weighted by Gasteiger charge is 2.34. The lowest BCUT2D eigenvalue weighted by Gasteiger charge is -2.25. The maximum Gasteiger partial charge on any atom is 0.406 e. The van der Waals surface area contributed by atoms with Crippen LogP contribution in [-0.4, -0.2) is 52.0 Å². The van der Waals surface area contributed by atoms with Crippen LogP contribution in [0, 0.1) is 0 Å². The fourth-order valence-corrected chi connectivity index (χ4v) is 2.73. The molecule has 0 radical (unpaired) electrons. The highest BCUT2D eigenvalue weighted by Crippen LogP contribution is 2.35. The van der Waals surface area contributed by atoms with Gasteiger partial charge in [0.1, 0.15) is 18.0 Å². The summed E-state index contributed by atoms with van der Waals surface area (Å²) in [6, 6.07) is 9.12. The van der Waals surface area contributed by atoms with Gasteiger partial charge in [-0.3, -0.25) is 4.79 Å². The molecule has 29 heavy (non-hydrogen) atoms. The number of hydrogen-bond acceptors (Lipinski definition) is 5. The van der Waals surface area contributed by atoms with Gasteiger partial charge in [0.25, 0.3) is 5.91 Å². The summed E-state index contributed by atoms with van der Waals surface area (Å²) in [7, 11) is 5.56. The normalized spacial score (nSPS) is 11.0. The van der Waals surface area contributed by atoms with Crippen LogP contribution in [0.5, 0.6) is 23.0 Å². The monoisotopic (exact) mass is 413 g/mol. The van der Waals surface area contributed by atoms with Gasteiger partial charge >= 0.3 is 6.18 Å². The molecule has 0 aliphatic rings. The maximum absolute atomic E-state index is 13.2. The Morgan fingerprint density at radius 3 is 1.90 bits per heavy atom. The van der Waals surface area contributed by atoms with Crippen molar-refractivity contribution in [2.75, 3.05) is 35.0 Å². The predicted molar refractivity (Wildman–Crippen MR) is 99.9 cm³/mol. The van der Waals surface area contributed by atoms with Crippen LogP contribution < -0.4 is 18.9 Å². The molecule has 158 valence electrons. The van der Waals surface area contributed by atoms with Gasteiger partial charge in [-0.25, -0.2) is 0 Å². The molecule has 1 amide bonds. The van der Waals surface area contributed by atoms with Gasteiger partial charge in [-0.1, -0.05) is 12.1 Å². The number of benzene rings is 2. The Balaban J connectivity index is 2.43. The summed E-state index contributed by atoms with van der Waals surface area (Å²) in [6.07, 6.45) is -4.58. The van der Waals surface area contributed by atoms with Crippen molar-refractivity contribution < 1.29 is 36.9 Å². The van der Waals surface area contributed by atoms with Crippen LogP contribution in [-0.2, 0) is 6.54 Å². The van der Waals surface area contributed by atoms with E-state index in [9.17, 15) is 18.0 Å². The van der Waals surface area contributed by atoms with E-state index in [1.807, 2.05) is 0 Å². The summed E-state index contributed by atoms with van der Waals surface area (Å²) >= 11 is 0. The number of nitrogens with zero attached hydrogens (tertiary/aromatic N) is 1. The molecule has 6 nitrogen and oxygen atoms in total. The van der Waals surface area contributed by atoms with Crippen molar-refractivity contribution in [1.29, 1.82) is 0 Å². The molecule has 0 aliphatic carbocycles. The van der Waals surface area contributed by atoms with Crippen LogP contribution in [0.1, 0.15) is 15.9 Å². The third-order valence-electron chi connectivity index (χ3n) is 4.13. The van der Waals surface area contributed by atoms with Crippen molar-refractivity contribution >= 4 is 5.91 Å². The van der Waals surface area contributed by atoms with Crippen LogP contribution in [0.3, 0.4) is 0 Å². The predicted octanol–water partition coefficient (Wildman–Crippen LogP) is 3.93. The molecule has 0 bridgehead atoms. The van der Waals surface area contributed by atoms with Gasteiger partial charge in [-0.15, -0.1) is 0 Å². The van der Waals surface area contributed by atoms with E-state index in [0.717, 1.165) is 0 Å². The molecule has 0 spiro atoms. The third-order valence-corrected chi connectivity index (χ3v) is 4.13. The zero-order valence-electron chi connectivity index (χ0n) is 16.5. The molecule has 0 heterocycles. The van der Waals surface area contributed by atoms with E-state index in [1.165, 1.54) is 40.6 Å². The zero-order valence-corrected chi connectivity index (χ0v) is 16.5. The number of ether oxygens (including phenoxy) is 4. The SMILES string of the molecule is COc1ccc(CN(CC(F)(F)F)C(=O)c2cc(OC)c(OC)cc2OC)cc1. The van der Waals surface area contributed by atoms with Crippen molar-refractivity contribution in [3.63, 3.8) is 0 Å². The van der Waals surface area contributed by atoms with E-state index >= 15 is 0 Å². The Bertz CT molecular complexity index is 837. The Hall–Kier alpha value is -3.10. The summed E-state index contributed by atoms with van der Waals surface area (Å²) in [5.41, 5.74) is 0.450. The van der Waals surface area contributed by atoms with Gasteiger partial charge in [0.15, 0.2) is 11.5 Å². The van der Waals surface area contributed by atoms with Crippen molar-refractivity contribution in [1.82, 2.24) is 4.90 Å². The van der Waals surface area contributed by atoms with Crippen molar-refractivity contribution in [2.24, 2.45) is 0 Å². The van der Waals surface area contributed by atoms with Crippen molar-refractivity contribution in [3.05, 3.63) is 47.5 Å². The van der Waals surface area contributed by atoms with Crippen LogP contribution in [0.25, 0.3) is 0 Å². The lowest BCUT2D eigenvalue weighted by atomic mass is 10.1. The molecule has 0 aliphatic heterocycles. The Kier molecular flexibility index (Phi) is 7.19. The van der Waals surface area contributed by atoms with Gasteiger partial charge in [0.2, 0.25) is 0 Å². The molecule has 0 saturated heterocycles. The van der Waals surface area contributed by atoms with E-state index in [4.69, 9.17) is 18.9 Å². The summed E-state index contributed by atoms with van der Waals surface area (Å²) in [5.74, 6) is 0.279. The smallest absolute Gasteiger partial charge is 0.406 e. The molecule has 0 aromatic heterocycles. The lowest BCUT2D eigenvalue weighted by molar-refractivity contribution is -0.141. The molecule has 0 atom stereocenters. The second-order valence-electron chi connectivity index (χ2n) is 6.03. The fourth-order valence-electron chi connectivity index (χ4n) is 2.73. The first kappa shape index (κ1) is 22.2. The van der Waals surface area contributed by atoms with E-state index in [-0.39, 0.29) is 23.6 Å². The highest BCUT2D eigenvalue weighted by atomic mass is 19.4. The first-order valence-electron chi connectivity index (χ1n) is 8.51. The molecule has 0 unspecified atom stereocenters. The highest BCUT2D eigenvalue weighted by molar-refractivity contribution is 5.98. The van der Waals surface area contributed by atoms with Crippen molar-refractivity contribution in [2.45, 2.75) is 12.7 Å². The van der Waals surface area contributed by atoms with Crippen LogP contribution >= 0.6 is 0 Å². The minimum atomic E-state index is -4.58. The minimum Gasteiger partial charge on any atom is -0.497 e. The average Bonchev–Trinajstić information content (AvgIpc) is 2.71. The molecule has 0 saturated carbocycles. The first-order valence-corrected chi connectivity index (χ1v) is 8.51. The second-order valence-corrected chi connectivity index (χ2v) is 6.03. The molecule has 2 rings (SSSR count). The number of hydrogen-bond donors (Lipinski definition) is 0. The molecule has 9 heteroatoms. The van der Waals surface area contributed by atoms with Gasteiger partial charge in [-0.2, -0.15) is 13.2 Å². The number of rotatable bonds is 8. The standard InChI is InChI=1S/C20H22F3NO5/c1-26-14-7-5-13(6-8-14)11-24(12-20(21,22)23)19(25)15-9-17(28-3)18(29-4)10-16(15)27-2/h5-10H,11-12H2,1-4H3. The molecular formula is C20H22F3NO5. The molecule has 2 aromatic carbocycles. The fraction of sp³-hybridized carbons (Fsp3) is 0.350. The molecule has 0 fully saturated rings. The zero-order chi connectivity index (χ0) is 21.6. The van der Waals surface area contributed by atoms with Gasteiger partial charge in [0.05, 0.1) is 34.0 Å². The third kappa shape index (κ3) is 5.69. The number of carbonyl (C=O) groups excluding carboxylic acids is 1. The van der Waals surface area contributed by atoms with E-state index in [2.05, 4.69) is 0 Å². The van der Waals surface area contributed by atoms with E-state index in [1.54, 1.807) is 24.3 Å². The van der Waals surface area contributed by atoms with E-state index in [0.29, 0.717) is 22.0 Å². The second kappa shape index (κ2) is 9.40. The largest absolute Gasteiger partial charge is 0.497 e. The Labute approximate surface area is 166 Å². The number of carbonyl (C=O) groups is 1. The summed E-state index contributed by atoms with van der Waals surface area (Å²) < 4.78 is 60.0. The topological polar surface area (TPSA) is 57.2 Å². The number of amides is 1. The quantitative estimate of drug-likeness (QED) is 0.657. The summed E-state index contributed by atoms with van der Waals surface area (Å²) in [5, 5.41) is 0. The number of methoxy groups -OCH3 is 4. The van der Waals surface area contributed by atoms with Crippen molar-refractivity contribution in [3.8, 4) is 23.0 Å². The molecule has 0 N–H and O–H groups in total. The number of alkyl halides is 3. The van der Waals surface area contributed by atoms with Gasteiger partial charge in [-0.05, 0) is 17.7 Å². The maximum atomic E-state index is 13.2. The van der Waals surface area contributed by atoms with Crippen LogP contribution in [0.4, 0.5) is 13.2 Å². The summed E-state index contributed by atoms with van der Waals surface area (Å²) in [6.45, 7) is -1.67. The average molecular weight is 413 g/mol. The number of halogens is 3. The van der Waals surface area contributed by atoms with E-state index < -0.39 is 18.6 Å². The molecule has 2 aromatic rings. The minimum absolute atomic E-state index is 0.0667. The Morgan fingerprint density at radius 2 is 1.41 bits per heavy atom. The Morgan fingerprint density at radius 1 is 0.862 bits per heavy atom.